The maximum absolute atomic E-state index is 11.3. The Labute approximate surface area is 112 Å². The van der Waals surface area contributed by atoms with Crippen LogP contribution in [0.5, 0.6) is 11.5 Å². The predicted molar refractivity (Wildman–Crippen MR) is 73.9 cm³/mol. The third-order valence-corrected chi connectivity index (χ3v) is 2.46. The fraction of sp³-hybridized carbons (Fsp3) is 0.133. The first-order valence-electron chi connectivity index (χ1n) is 5.93. The molecule has 1 aliphatic heterocycles. The zero-order chi connectivity index (χ0) is 13.5. The topological polar surface area (TPSA) is 47.6 Å². The lowest BCUT2D eigenvalue weighted by molar-refractivity contribution is -0.116. The molecule has 0 saturated carbocycles. The number of carbonyl (C=O) groups is 1. The van der Waals surface area contributed by atoms with E-state index in [2.05, 4.69) is 11.9 Å². The van der Waals surface area contributed by atoms with Crippen molar-refractivity contribution < 1.29 is 14.3 Å². The van der Waals surface area contributed by atoms with Crippen molar-refractivity contribution in [3.05, 3.63) is 54.6 Å². The van der Waals surface area contributed by atoms with E-state index in [0.717, 1.165) is 17.1 Å². The molecule has 0 unspecified atom stereocenters. The Morgan fingerprint density at radius 1 is 1.32 bits per heavy atom. The molecular weight excluding hydrogens is 242 g/mol. The van der Waals surface area contributed by atoms with Crippen LogP contribution in [0.25, 0.3) is 6.08 Å². The molecular formula is C15H15NO3. The molecule has 1 amide bonds. The lowest BCUT2D eigenvalue weighted by Gasteiger charge is -1.97. The van der Waals surface area contributed by atoms with Crippen LogP contribution in [-0.2, 0) is 4.79 Å². The van der Waals surface area contributed by atoms with Gasteiger partial charge in [0.1, 0.15) is 0 Å². The average molecular weight is 257 g/mol. The Hall–Kier alpha value is -2.49. The van der Waals surface area contributed by atoms with Crippen molar-refractivity contribution in [1.82, 2.24) is 5.32 Å². The summed E-state index contributed by atoms with van der Waals surface area (Å²) in [6, 6.07) is 5.68. The smallest absolute Gasteiger partial charge is 0.244 e. The Morgan fingerprint density at radius 3 is 3.00 bits per heavy atom. The molecule has 4 heteroatoms. The lowest BCUT2D eigenvalue weighted by atomic mass is 10.2. The molecule has 19 heavy (non-hydrogen) atoms. The highest BCUT2D eigenvalue weighted by Gasteiger charge is 2.11. The highest BCUT2D eigenvalue weighted by molar-refractivity contribution is 5.88. The minimum atomic E-state index is -0.143. The van der Waals surface area contributed by atoms with Crippen LogP contribution in [0, 0.1) is 0 Å². The second kappa shape index (κ2) is 6.44. The van der Waals surface area contributed by atoms with Crippen molar-refractivity contribution in [2.75, 3.05) is 13.3 Å². The van der Waals surface area contributed by atoms with Crippen molar-refractivity contribution in [3.63, 3.8) is 0 Å². The van der Waals surface area contributed by atoms with Gasteiger partial charge in [-0.25, -0.2) is 0 Å². The van der Waals surface area contributed by atoms with Gasteiger partial charge in [0, 0.05) is 12.6 Å². The minimum Gasteiger partial charge on any atom is -0.454 e. The van der Waals surface area contributed by atoms with Crippen LogP contribution < -0.4 is 14.8 Å². The number of benzene rings is 1. The summed E-state index contributed by atoms with van der Waals surface area (Å²) in [5.41, 5.74) is 0.986. The molecule has 2 rings (SSSR count). The fourth-order valence-corrected chi connectivity index (χ4v) is 1.56. The summed E-state index contributed by atoms with van der Waals surface area (Å²) in [7, 11) is 0. The fourth-order valence-electron chi connectivity index (χ4n) is 1.56. The second-order valence-corrected chi connectivity index (χ2v) is 3.86. The number of hydrogen-bond donors (Lipinski definition) is 1. The number of rotatable bonds is 5. The third kappa shape index (κ3) is 3.74. The maximum atomic E-state index is 11.3. The number of fused-ring (bicyclic) bond motifs is 1. The van der Waals surface area contributed by atoms with E-state index in [1.807, 2.05) is 24.3 Å². The summed E-state index contributed by atoms with van der Waals surface area (Å²) in [6.07, 6.45) is 8.47. The van der Waals surface area contributed by atoms with Crippen LogP contribution in [0.15, 0.2) is 49.1 Å². The van der Waals surface area contributed by atoms with E-state index in [9.17, 15) is 4.79 Å². The highest BCUT2D eigenvalue weighted by atomic mass is 16.7. The molecule has 1 aromatic rings. The van der Waals surface area contributed by atoms with Crippen molar-refractivity contribution in [1.29, 1.82) is 0 Å². The molecule has 0 aliphatic carbocycles. The molecule has 1 N–H and O–H groups in total. The molecule has 1 aliphatic rings. The van der Waals surface area contributed by atoms with Gasteiger partial charge in [0.15, 0.2) is 11.5 Å². The quantitative estimate of drug-likeness (QED) is 0.500. The van der Waals surface area contributed by atoms with Crippen LogP contribution in [0.2, 0.25) is 0 Å². The first-order valence-corrected chi connectivity index (χ1v) is 5.93. The molecule has 1 heterocycles. The van der Waals surface area contributed by atoms with Crippen LogP contribution in [0.4, 0.5) is 0 Å². The molecule has 1 aromatic carbocycles. The van der Waals surface area contributed by atoms with Crippen molar-refractivity contribution in [2.24, 2.45) is 0 Å². The first-order chi connectivity index (χ1) is 9.29. The van der Waals surface area contributed by atoms with Gasteiger partial charge in [-0.05, 0) is 17.7 Å². The van der Waals surface area contributed by atoms with E-state index >= 15 is 0 Å². The van der Waals surface area contributed by atoms with Gasteiger partial charge in [0.25, 0.3) is 0 Å². The Bertz CT molecular complexity index is 532. The second-order valence-electron chi connectivity index (χ2n) is 3.86. The van der Waals surface area contributed by atoms with Crippen LogP contribution in [-0.4, -0.2) is 19.2 Å². The highest BCUT2D eigenvalue weighted by Crippen LogP contribution is 2.32. The standard InChI is InChI=1S/C15H15NO3/c1-2-9-16-15(17)6-4-3-5-12-7-8-13-14(10-12)19-11-18-13/h2-8,10H,1,9,11H2,(H,16,17)/b5-3?,6-4+. The molecule has 0 saturated heterocycles. The number of allylic oxidation sites excluding steroid dienone is 2. The summed E-state index contributed by atoms with van der Waals surface area (Å²) in [4.78, 5) is 11.3. The monoisotopic (exact) mass is 257 g/mol. The van der Waals surface area contributed by atoms with E-state index in [-0.39, 0.29) is 12.7 Å². The molecule has 0 atom stereocenters. The largest absolute Gasteiger partial charge is 0.454 e. The van der Waals surface area contributed by atoms with E-state index < -0.39 is 0 Å². The van der Waals surface area contributed by atoms with Gasteiger partial charge in [-0.15, -0.1) is 6.58 Å². The van der Waals surface area contributed by atoms with Gasteiger partial charge in [0.05, 0.1) is 0 Å². The summed E-state index contributed by atoms with van der Waals surface area (Å²) < 4.78 is 10.5. The third-order valence-electron chi connectivity index (χ3n) is 2.46. The van der Waals surface area contributed by atoms with E-state index in [4.69, 9.17) is 9.47 Å². The first kappa shape index (κ1) is 13.0. The van der Waals surface area contributed by atoms with Crippen molar-refractivity contribution in [3.8, 4) is 11.5 Å². The van der Waals surface area contributed by atoms with Gasteiger partial charge in [-0.2, -0.15) is 0 Å². The van der Waals surface area contributed by atoms with Gasteiger partial charge in [-0.1, -0.05) is 30.4 Å². The molecule has 98 valence electrons. The van der Waals surface area contributed by atoms with Crippen LogP contribution >= 0.6 is 0 Å². The molecule has 0 fully saturated rings. The SMILES string of the molecule is C=CCNC(=O)/C=C/C=Cc1ccc2c(c1)OCO2. The van der Waals surface area contributed by atoms with Crippen LogP contribution in [0.3, 0.4) is 0 Å². The van der Waals surface area contributed by atoms with Gasteiger partial charge >= 0.3 is 0 Å². The Kier molecular flexibility index (Phi) is 4.39. The maximum Gasteiger partial charge on any atom is 0.244 e. The molecule has 0 spiro atoms. The zero-order valence-corrected chi connectivity index (χ0v) is 10.5. The molecule has 0 aromatic heterocycles. The normalized spacial score (nSPS) is 13.1. The number of ether oxygens (including phenoxy) is 2. The molecule has 0 bridgehead atoms. The minimum absolute atomic E-state index is 0.143. The number of carbonyl (C=O) groups excluding carboxylic acids is 1. The van der Waals surface area contributed by atoms with Gasteiger partial charge < -0.3 is 14.8 Å². The average Bonchev–Trinajstić information content (AvgIpc) is 2.88. The van der Waals surface area contributed by atoms with E-state index in [1.165, 1.54) is 6.08 Å². The van der Waals surface area contributed by atoms with Crippen molar-refractivity contribution >= 4 is 12.0 Å². The lowest BCUT2D eigenvalue weighted by Crippen LogP contribution is -2.20. The Morgan fingerprint density at radius 2 is 2.16 bits per heavy atom. The molecule has 4 nitrogen and oxygen atoms in total. The molecule has 0 radical (unpaired) electrons. The summed E-state index contributed by atoms with van der Waals surface area (Å²) in [5.74, 6) is 1.36. The number of amides is 1. The predicted octanol–water partition coefficient (Wildman–Crippen LogP) is 2.29. The van der Waals surface area contributed by atoms with Gasteiger partial charge in [-0.3, -0.25) is 4.79 Å². The van der Waals surface area contributed by atoms with Crippen molar-refractivity contribution in [2.45, 2.75) is 0 Å². The van der Waals surface area contributed by atoms with Crippen LogP contribution in [0.1, 0.15) is 5.56 Å². The number of hydrogen-bond acceptors (Lipinski definition) is 3. The van der Waals surface area contributed by atoms with E-state index in [0.29, 0.717) is 6.54 Å². The van der Waals surface area contributed by atoms with E-state index in [1.54, 1.807) is 18.2 Å². The Balaban J connectivity index is 1.90. The van der Waals surface area contributed by atoms with Gasteiger partial charge in [0.2, 0.25) is 12.7 Å². The number of nitrogens with one attached hydrogen (secondary N) is 1. The zero-order valence-electron chi connectivity index (χ0n) is 10.5. The summed E-state index contributed by atoms with van der Waals surface area (Å²) >= 11 is 0. The summed E-state index contributed by atoms with van der Waals surface area (Å²) in [6.45, 7) is 4.26. The summed E-state index contributed by atoms with van der Waals surface area (Å²) in [5, 5.41) is 2.65.